The van der Waals surface area contributed by atoms with Crippen molar-refractivity contribution in [2.45, 2.75) is 24.1 Å². The molecule has 0 N–H and O–H groups in total. The smallest absolute Gasteiger partial charge is 0.149 e. The summed E-state index contributed by atoms with van der Waals surface area (Å²) in [6.45, 7) is 0. The largest absolute Gasteiger partial charge is 0.298 e. The summed E-state index contributed by atoms with van der Waals surface area (Å²) >= 11 is 6.82. The highest BCUT2D eigenvalue weighted by Crippen LogP contribution is 2.33. The summed E-state index contributed by atoms with van der Waals surface area (Å²) < 4.78 is 0.935. The van der Waals surface area contributed by atoms with Crippen LogP contribution in [-0.2, 0) is 11.2 Å². The van der Waals surface area contributed by atoms with E-state index in [-0.39, 0.29) is 16.5 Å². The first-order chi connectivity index (χ1) is 8.11. The van der Waals surface area contributed by atoms with Crippen LogP contribution in [0.1, 0.15) is 24.0 Å². The molecule has 0 aromatic heterocycles. The Bertz CT molecular complexity index is 489. The summed E-state index contributed by atoms with van der Waals surface area (Å²) in [6.07, 6.45) is 2.62. The number of Topliss-reactive ketones (excluding diaryl/α,β-unsaturated/α-hetero) is 1. The van der Waals surface area contributed by atoms with Crippen LogP contribution in [0.15, 0.2) is 22.7 Å². The minimum atomic E-state index is -0.170. The molecular formula is C13H11Br2NO. The van der Waals surface area contributed by atoms with E-state index in [9.17, 15) is 4.79 Å². The molecule has 0 spiro atoms. The summed E-state index contributed by atoms with van der Waals surface area (Å²) in [7, 11) is 0. The maximum absolute atomic E-state index is 11.9. The number of halogens is 2. The molecule has 0 bridgehead atoms. The lowest BCUT2D eigenvalue weighted by molar-refractivity contribution is -0.119. The fraction of sp³-hybridized carbons (Fsp3) is 0.385. The molecule has 88 valence electrons. The highest BCUT2D eigenvalue weighted by atomic mass is 79.9. The number of nitrogens with zero attached hydrogens (tertiary/aromatic N) is 1. The molecule has 2 rings (SSSR count). The van der Waals surface area contributed by atoms with E-state index < -0.39 is 0 Å². The molecule has 0 saturated heterocycles. The van der Waals surface area contributed by atoms with E-state index in [1.807, 2.05) is 12.1 Å². The van der Waals surface area contributed by atoms with Crippen LogP contribution < -0.4 is 0 Å². The Morgan fingerprint density at radius 2 is 2.24 bits per heavy atom. The van der Waals surface area contributed by atoms with Crippen LogP contribution in [0.3, 0.4) is 0 Å². The van der Waals surface area contributed by atoms with Gasteiger partial charge in [0.1, 0.15) is 5.78 Å². The van der Waals surface area contributed by atoms with Gasteiger partial charge in [-0.3, -0.25) is 4.79 Å². The molecule has 1 fully saturated rings. The normalized spacial score (nSPS) is 16.3. The Kier molecular flexibility index (Phi) is 4.01. The second kappa shape index (κ2) is 5.32. The number of hydrogen-bond donors (Lipinski definition) is 0. The van der Waals surface area contributed by atoms with Crippen molar-refractivity contribution in [2.75, 3.05) is 0 Å². The summed E-state index contributed by atoms with van der Waals surface area (Å²) in [5, 5.41) is 9.02. The fourth-order valence-electron chi connectivity index (χ4n) is 1.76. The third-order valence-corrected chi connectivity index (χ3v) is 4.14. The molecule has 0 amide bonds. The average Bonchev–Trinajstić information content (AvgIpc) is 3.12. The van der Waals surface area contributed by atoms with Gasteiger partial charge in [-0.25, -0.2) is 0 Å². The zero-order valence-corrected chi connectivity index (χ0v) is 12.3. The van der Waals surface area contributed by atoms with Crippen molar-refractivity contribution >= 4 is 37.6 Å². The predicted octanol–water partition coefficient (Wildman–Crippen LogP) is 3.61. The third-order valence-electron chi connectivity index (χ3n) is 2.88. The van der Waals surface area contributed by atoms with Gasteiger partial charge in [-0.05, 0) is 43.0 Å². The molecule has 1 atom stereocenters. The zero-order chi connectivity index (χ0) is 12.4. The number of alkyl halides is 1. The Hall–Kier alpha value is -0.660. The van der Waals surface area contributed by atoms with E-state index in [1.165, 1.54) is 0 Å². The van der Waals surface area contributed by atoms with E-state index in [0.29, 0.717) is 12.0 Å². The molecule has 1 aromatic carbocycles. The highest BCUT2D eigenvalue weighted by Gasteiger charge is 2.33. The van der Waals surface area contributed by atoms with Gasteiger partial charge < -0.3 is 0 Å². The van der Waals surface area contributed by atoms with Crippen LogP contribution in [0.2, 0.25) is 0 Å². The molecule has 1 aliphatic carbocycles. The van der Waals surface area contributed by atoms with Crippen LogP contribution in [-0.4, -0.2) is 10.6 Å². The van der Waals surface area contributed by atoms with Gasteiger partial charge >= 0.3 is 0 Å². The molecule has 0 radical (unpaired) electrons. The fourth-order valence-corrected chi connectivity index (χ4v) is 2.89. The first-order valence-electron chi connectivity index (χ1n) is 5.48. The van der Waals surface area contributed by atoms with Crippen LogP contribution >= 0.6 is 31.9 Å². The topological polar surface area (TPSA) is 40.9 Å². The monoisotopic (exact) mass is 355 g/mol. The summed E-state index contributed by atoms with van der Waals surface area (Å²) in [4.78, 5) is 11.7. The number of carbonyl (C=O) groups excluding carboxylic acids is 1. The number of ketones is 1. The van der Waals surface area contributed by atoms with Crippen molar-refractivity contribution < 1.29 is 4.79 Å². The minimum absolute atomic E-state index is 0.170. The lowest BCUT2D eigenvalue weighted by Gasteiger charge is -2.10. The standard InChI is InChI=1S/C13H11Br2NO/c14-11-4-3-9(7-16)10(5-11)6-12(15)13(17)8-1-2-8/h3-5,8,12H,1-2,6H2. The Labute approximate surface area is 117 Å². The Morgan fingerprint density at radius 3 is 2.82 bits per heavy atom. The first-order valence-corrected chi connectivity index (χ1v) is 7.19. The van der Waals surface area contributed by atoms with Gasteiger partial charge in [0.25, 0.3) is 0 Å². The average molecular weight is 357 g/mol. The van der Waals surface area contributed by atoms with Crippen molar-refractivity contribution in [3.05, 3.63) is 33.8 Å². The molecule has 1 aromatic rings. The summed E-state index contributed by atoms with van der Waals surface area (Å²) in [5.41, 5.74) is 1.55. The number of benzene rings is 1. The van der Waals surface area contributed by atoms with Crippen LogP contribution in [0.5, 0.6) is 0 Å². The van der Waals surface area contributed by atoms with Crippen molar-refractivity contribution in [2.24, 2.45) is 5.92 Å². The third kappa shape index (κ3) is 3.17. The maximum Gasteiger partial charge on any atom is 0.149 e. The van der Waals surface area contributed by atoms with Gasteiger partial charge in [0, 0.05) is 10.4 Å². The zero-order valence-electron chi connectivity index (χ0n) is 9.12. The van der Waals surface area contributed by atoms with Gasteiger partial charge in [0.05, 0.1) is 16.5 Å². The summed E-state index contributed by atoms with van der Waals surface area (Å²) in [6, 6.07) is 7.69. The molecular weight excluding hydrogens is 346 g/mol. The van der Waals surface area contributed by atoms with E-state index in [1.54, 1.807) is 6.07 Å². The van der Waals surface area contributed by atoms with E-state index in [0.717, 1.165) is 22.9 Å². The van der Waals surface area contributed by atoms with Crippen LogP contribution in [0.25, 0.3) is 0 Å². The van der Waals surface area contributed by atoms with Crippen molar-refractivity contribution in [1.82, 2.24) is 0 Å². The number of hydrogen-bond acceptors (Lipinski definition) is 2. The molecule has 0 heterocycles. The van der Waals surface area contributed by atoms with Crippen molar-refractivity contribution in [3.8, 4) is 6.07 Å². The second-order valence-electron chi connectivity index (χ2n) is 4.26. The Morgan fingerprint density at radius 1 is 1.53 bits per heavy atom. The lowest BCUT2D eigenvalue weighted by Crippen LogP contribution is -2.18. The highest BCUT2D eigenvalue weighted by molar-refractivity contribution is 9.10. The van der Waals surface area contributed by atoms with Gasteiger partial charge in [-0.2, -0.15) is 5.26 Å². The molecule has 0 aliphatic heterocycles. The number of rotatable bonds is 4. The number of carbonyl (C=O) groups is 1. The summed E-state index contributed by atoms with van der Waals surface area (Å²) in [5.74, 6) is 0.519. The maximum atomic E-state index is 11.9. The lowest BCUT2D eigenvalue weighted by atomic mass is 10.0. The van der Waals surface area contributed by atoms with E-state index in [4.69, 9.17) is 5.26 Å². The van der Waals surface area contributed by atoms with Crippen LogP contribution in [0, 0.1) is 17.2 Å². The SMILES string of the molecule is N#Cc1ccc(Br)cc1CC(Br)C(=O)C1CC1. The molecule has 4 heteroatoms. The molecule has 17 heavy (non-hydrogen) atoms. The molecule has 1 saturated carbocycles. The predicted molar refractivity (Wildman–Crippen MR) is 73.0 cm³/mol. The van der Waals surface area contributed by atoms with E-state index in [2.05, 4.69) is 37.9 Å². The Balaban J connectivity index is 2.14. The number of nitriles is 1. The quantitative estimate of drug-likeness (QED) is 0.773. The van der Waals surface area contributed by atoms with Gasteiger partial charge in [0.15, 0.2) is 0 Å². The van der Waals surface area contributed by atoms with Gasteiger partial charge in [-0.1, -0.05) is 31.9 Å². The van der Waals surface area contributed by atoms with Crippen molar-refractivity contribution in [3.63, 3.8) is 0 Å². The van der Waals surface area contributed by atoms with E-state index >= 15 is 0 Å². The van der Waals surface area contributed by atoms with Gasteiger partial charge in [0.2, 0.25) is 0 Å². The van der Waals surface area contributed by atoms with Gasteiger partial charge in [-0.15, -0.1) is 0 Å². The minimum Gasteiger partial charge on any atom is -0.298 e. The van der Waals surface area contributed by atoms with Crippen LogP contribution in [0.4, 0.5) is 0 Å². The molecule has 1 unspecified atom stereocenters. The first kappa shape index (κ1) is 12.8. The molecule has 1 aliphatic rings. The van der Waals surface area contributed by atoms with Crippen molar-refractivity contribution in [1.29, 1.82) is 5.26 Å². The second-order valence-corrected chi connectivity index (χ2v) is 6.28. The molecule has 2 nitrogen and oxygen atoms in total.